The Morgan fingerprint density at radius 2 is 2.25 bits per heavy atom. The Kier molecular flexibility index (Phi) is 3.19. The molecule has 4 heteroatoms. The molecule has 4 nitrogen and oxygen atoms in total. The van der Waals surface area contributed by atoms with Crippen molar-refractivity contribution >= 4 is 11.7 Å². The fraction of sp³-hybridized carbons (Fsp3) is 0.333. The Morgan fingerprint density at radius 3 is 2.94 bits per heavy atom. The Hall–Kier alpha value is -1.84. The van der Waals surface area contributed by atoms with Crippen molar-refractivity contribution in [1.29, 1.82) is 0 Å². The Labute approximate surface area is 93.9 Å². The summed E-state index contributed by atoms with van der Waals surface area (Å²) in [5, 5.41) is 3.99. The van der Waals surface area contributed by atoms with E-state index >= 15 is 0 Å². The third-order valence-electron chi connectivity index (χ3n) is 2.31. The number of hydrogen-bond acceptors (Lipinski definition) is 4. The molecule has 0 unspecified atom stereocenters. The number of nitrogens with zero attached hydrogens (tertiary/aromatic N) is 1. The summed E-state index contributed by atoms with van der Waals surface area (Å²) in [5.41, 5.74) is 1.95. The van der Waals surface area contributed by atoms with Crippen molar-refractivity contribution in [2.75, 3.05) is 6.61 Å². The SMILES string of the molecule is CC(=O)OC[C@H]1CC(c2ccccc2)=NO1. The Bertz CT molecular complexity index is 400. The smallest absolute Gasteiger partial charge is 0.302 e. The number of hydrogen-bond donors (Lipinski definition) is 0. The van der Waals surface area contributed by atoms with Gasteiger partial charge in [0.2, 0.25) is 0 Å². The zero-order valence-corrected chi connectivity index (χ0v) is 9.05. The molecule has 0 aliphatic carbocycles. The minimum absolute atomic E-state index is 0.154. The van der Waals surface area contributed by atoms with Gasteiger partial charge in [-0.1, -0.05) is 35.5 Å². The van der Waals surface area contributed by atoms with E-state index < -0.39 is 0 Å². The van der Waals surface area contributed by atoms with Crippen molar-refractivity contribution in [3.63, 3.8) is 0 Å². The lowest BCUT2D eigenvalue weighted by Crippen LogP contribution is -2.17. The molecule has 0 saturated carbocycles. The molecular formula is C12H13NO3. The molecular weight excluding hydrogens is 206 g/mol. The lowest BCUT2D eigenvalue weighted by atomic mass is 10.1. The number of ether oxygens (including phenoxy) is 1. The Morgan fingerprint density at radius 1 is 1.50 bits per heavy atom. The molecule has 0 aromatic heterocycles. The molecule has 1 heterocycles. The van der Waals surface area contributed by atoms with Gasteiger partial charge < -0.3 is 9.57 Å². The van der Waals surface area contributed by atoms with Gasteiger partial charge in [0, 0.05) is 13.3 Å². The number of esters is 1. The van der Waals surface area contributed by atoms with Gasteiger partial charge in [-0.2, -0.15) is 0 Å². The van der Waals surface area contributed by atoms with E-state index in [0.29, 0.717) is 6.42 Å². The minimum atomic E-state index is -0.295. The van der Waals surface area contributed by atoms with Crippen molar-refractivity contribution in [3.05, 3.63) is 35.9 Å². The molecule has 0 saturated heterocycles. The highest BCUT2D eigenvalue weighted by Crippen LogP contribution is 2.16. The van der Waals surface area contributed by atoms with E-state index in [0.717, 1.165) is 11.3 Å². The van der Waals surface area contributed by atoms with E-state index in [4.69, 9.17) is 9.57 Å². The van der Waals surface area contributed by atoms with Crippen LogP contribution in [0.4, 0.5) is 0 Å². The molecule has 0 spiro atoms. The van der Waals surface area contributed by atoms with Crippen LogP contribution in [0, 0.1) is 0 Å². The number of rotatable bonds is 3. The molecule has 0 amide bonds. The average molecular weight is 219 g/mol. The number of carbonyl (C=O) groups is 1. The second-order valence-electron chi connectivity index (χ2n) is 3.64. The lowest BCUT2D eigenvalue weighted by Gasteiger charge is -2.07. The normalized spacial score (nSPS) is 18.8. The molecule has 1 aromatic rings. The molecule has 1 aliphatic heterocycles. The lowest BCUT2D eigenvalue weighted by molar-refractivity contribution is -0.144. The Balaban J connectivity index is 1.90. The first-order chi connectivity index (χ1) is 7.75. The van der Waals surface area contributed by atoms with Crippen LogP contribution in [-0.4, -0.2) is 24.4 Å². The zero-order valence-electron chi connectivity index (χ0n) is 9.05. The fourth-order valence-electron chi connectivity index (χ4n) is 1.53. The highest BCUT2D eigenvalue weighted by Gasteiger charge is 2.22. The van der Waals surface area contributed by atoms with Gasteiger partial charge >= 0.3 is 5.97 Å². The van der Waals surface area contributed by atoms with Gasteiger partial charge in [0.1, 0.15) is 6.61 Å². The first kappa shape index (κ1) is 10.7. The van der Waals surface area contributed by atoms with Crippen LogP contribution in [0.1, 0.15) is 18.9 Å². The predicted octanol–water partition coefficient (Wildman–Crippen LogP) is 1.74. The van der Waals surface area contributed by atoms with Crippen molar-refractivity contribution in [2.45, 2.75) is 19.4 Å². The van der Waals surface area contributed by atoms with Gasteiger partial charge in [-0.05, 0) is 5.56 Å². The summed E-state index contributed by atoms with van der Waals surface area (Å²) in [7, 11) is 0. The van der Waals surface area contributed by atoms with Crippen LogP contribution in [0.2, 0.25) is 0 Å². The summed E-state index contributed by atoms with van der Waals surface area (Å²) in [6.07, 6.45) is 0.524. The van der Waals surface area contributed by atoms with Gasteiger partial charge in [0.25, 0.3) is 0 Å². The summed E-state index contributed by atoms with van der Waals surface area (Å²) < 4.78 is 4.87. The maximum absolute atomic E-state index is 10.6. The molecule has 2 rings (SSSR count). The summed E-state index contributed by atoms with van der Waals surface area (Å²) in [5.74, 6) is -0.295. The van der Waals surface area contributed by atoms with Crippen LogP contribution >= 0.6 is 0 Å². The van der Waals surface area contributed by atoms with E-state index in [1.165, 1.54) is 6.92 Å². The molecule has 84 valence electrons. The van der Waals surface area contributed by atoms with Crippen LogP contribution in [0.25, 0.3) is 0 Å². The largest absolute Gasteiger partial charge is 0.462 e. The predicted molar refractivity (Wildman–Crippen MR) is 59.1 cm³/mol. The second-order valence-corrected chi connectivity index (χ2v) is 3.64. The third kappa shape index (κ3) is 2.59. The van der Waals surface area contributed by atoms with E-state index in [1.54, 1.807) is 0 Å². The molecule has 1 aromatic carbocycles. The van der Waals surface area contributed by atoms with Gasteiger partial charge in [-0.3, -0.25) is 4.79 Å². The summed E-state index contributed by atoms with van der Waals surface area (Å²) >= 11 is 0. The minimum Gasteiger partial charge on any atom is -0.462 e. The van der Waals surface area contributed by atoms with Crippen molar-refractivity contribution in [3.8, 4) is 0 Å². The highest BCUT2D eigenvalue weighted by atomic mass is 16.7. The highest BCUT2D eigenvalue weighted by molar-refractivity contribution is 6.01. The summed E-state index contributed by atoms with van der Waals surface area (Å²) in [4.78, 5) is 15.8. The molecule has 1 aliphatic rings. The van der Waals surface area contributed by atoms with Crippen molar-refractivity contribution in [1.82, 2.24) is 0 Å². The molecule has 16 heavy (non-hydrogen) atoms. The zero-order chi connectivity index (χ0) is 11.4. The van der Waals surface area contributed by atoms with Gasteiger partial charge in [0.15, 0.2) is 6.10 Å². The van der Waals surface area contributed by atoms with Crippen LogP contribution < -0.4 is 0 Å². The van der Waals surface area contributed by atoms with Crippen LogP contribution in [-0.2, 0) is 14.4 Å². The van der Waals surface area contributed by atoms with Crippen molar-refractivity contribution in [2.24, 2.45) is 5.16 Å². The monoisotopic (exact) mass is 219 g/mol. The van der Waals surface area contributed by atoms with Gasteiger partial charge in [-0.15, -0.1) is 0 Å². The molecule has 0 bridgehead atoms. The van der Waals surface area contributed by atoms with Gasteiger partial charge in [-0.25, -0.2) is 0 Å². The first-order valence-corrected chi connectivity index (χ1v) is 5.17. The second kappa shape index (κ2) is 4.79. The molecule has 0 fully saturated rings. The maximum atomic E-state index is 10.6. The number of carbonyl (C=O) groups excluding carboxylic acids is 1. The first-order valence-electron chi connectivity index (χ1n) is 5.17. The van der Waals surface area contributed by atoms with Crippen LogP contribution in [0.5, 0.6) is 0 Å². The third-order valence-corrected chi connectivity index (χ3v) is 2.31. The van der Waals surface area contributed by atoms with E-state index in [1.807, 2.05) is 30.3 Å². The maximum Gasteiger partial charge on any atom is 0.302 e. The summed E-state index contributed by atoms with van der Waals surface area (Å²) in [6, 6.07) is 9.83. The molecule has 0 radical (unpaired) electrons. The topological polar surface area (TPSA) is 47.9 Å². The standard InChI is InChI=1S/C12H13NO3/c1-9(14)15-8-11-7-12(13-16-11)10-5-3-2-4-6-10/h2-6,11H,7-8H2,1H3/t11-/m1/s1. The summed E-state index contributed by atoms with van der Waals surface area (Å²) in [6.45, 7) is 1.64. The number of benzene rings is 1. The van der Waals surface area contributed by atoms with Crippen LogP contribution in [0.15, 0.2) is 35.5 Å². The van der Waals surface area contributed by atoms with Crippen molar-refractivity contribution < 1.29 is 14.4 Å². The molecule has 0 N–H and O–H groups in total. The van der Waals surface area contributed by atoms with Crippen LogP contribution in [0.3, 0.4) is 0 Å². The quantitative estimate of drug-likeness (QED) is 0.727. The number of oxime groups is 1. The van der Waals surface area contributed by atoms with E-state index in [-0.39, 0.29) is 18.7 Å². The van der Waals surface area contributed by atoms with E-state index in [2.05, 4.69) is 5.16 Å². The average Bonchev–Trinajstić information content (AvgIpc) is 2.76. The molecule has 1 atom stereocenters. The van der Waals surface area contributed by atoms with Gasteiger partial charge in [0.05, 0.1) is 5.71 Å². The fourth-order valence-corrected chi connectivity index (χ4v) is 1.53. The van der Waals surface area contributed by atoms with E-state index in [9.17, 15) is 4.79 Å².